The molecule has 0 atom stereocenters. The highest BCUT2D eigenvalue weighted by atomic mass is 19.3. The second-order valence-electron chi connectivity index (χ2n) is 7.20. The van der Waals surface area contributed by atoms with E-state index in [1.54, 1.807) is 12.1 Å². The van der Waals surface area contributed by atoms with E-state index in [0.29, 0.717) is 17.0 Å². The first-order valence-electron chi connectivity index (χ1n) is 9.62. The number of fused-ring (bicyclic) bond motifs is 1. The number of imidazole rings is 1. The molecule has 0 unspecified atom stereocenters. The van der Waals surface area contributed by atoms with Gasteiger partial charge in [-0.25, -0.2) is 18.4 Å². The molecule has 11 heteroatoms. The van der Waals surface area contributed by atoms with Crippen LogP contribution in [0.4, 0.5) is 8.78 Å². The van der Waals surface area contributed by atoms with Gasteiger partial charge in [0.05, 0.1) is 17.6 Å². The number of alkyl halides is 2. The van der Waals surface area contributed by atoms with Crippen molar-refractivity contribution in [2.45, 2.75) is 51.1 Å². The largest absolute Gasteiger partial charge is 0.352 e. The zero-order valence-electron chi connectivity index (χ0n) is 16.0. The highest BCUT2D eigenvalue weighted by Gasteiger charge is 2.33. The molecule has 0 spiro atoms. The first-order valence-corrected chi connectivity index (χ1v) is 9.62. The molecule has 3 N–H and O–H groups in total. The third kappa shape index (κ3) is 4.78. The van der Waals surface area contributed by atoms with E-state index in [0.717, 1.165) is 23.9 Å². The lowest BCUT2D eigenvalue weighted by Gasteiger charge is -2.05. The maximum absolute atomic E-state index is 12.3. The molecular weight excluding hydrogens is 398 g/mol. The van der Waals surface area contributed by atoms with Crippen LogP contribution in [0.25, 0.3) is 11.0 Å². The number of rotatable bonds is 9. The number of carbonyl (C=O) groups excluding carboxylic acids is 2. The van der Waals surface area contributed by atoms with Crippen molar-refractivity contribution in [2.75, 3.05) is 0 Å². The molecule has 0 bridgehead atoms. The number of hydrogen-bond acceptors (Lipinski definition) is 6. The predicted octanol–water partition coefficient (Wildman–Crippen LogP) is 2.41. The smallest absolute Gasteiger partial charge is 0.275 e. The van der Waals surface area contributed by atoms with Crippen molar-refractivity contribution in [1.82, 2.24) is 30.9 Å². The number of H-pyrrole nitrogens is 1. The molecule has 2 amide bonds. The molecule has 3 aromatic rings. The lowest BCUT2D eigenvalue weighted by molar-refractivity contribution is -0.122. The zero-order chi connectivity index (χ0) is 21.1. The van der Waals surface area contributed by atoms with E-state index in [2.05, 4.69) is 30.9 Å². The molecule has 2 heterocycles. The summed E-state index contributed by atoms with van der Waals surface area (Å²) >= 11 is 0. The number of nitrogens with zero attached hydrogens (tertiary/aromatic N) is 3. The lowest BCUT2D eigenvalue weighted by Crippen LogP contribution is -2.24. The van der Waals surface area contributed by atoms with Gasteiger partial charge >= 0.3 is 0 Å². The van der Waals surface area contributed by atoms with Crippen molar-refractivity contribution in [3.05, 3.63) is 41.0 Å². The van der Waals surface area contributed by atoms with Crippen LogP contribution in [0.3, 0.4) is 0 Å². The molecule has 1 aliphatic carbocycles. The third-order valence-electron chi connectivity index (χ3n) is 4.78. The van der Waals surface area contributed by atoms with Gasteiger partial charge in [-0.1, -0.05) is 11.2 Å². The Kier molecular flexibility index (Phi) is 5.68. The average Bonchev–Trinajstić information content (AvgIpc) is 3.30. The van der Waals surface area contributed by atoms with Gasteiger partial charge in [-0.15, -0.1) is 0 Å². The minimum Gasteiger partial charge on any atom is -0.352 e. The number of amides is 2. The molecule has 0 aliphatic heterocycles. The fourth-order valence-electron chi connectivity index (χ4n) is 3.06. The van der Waals surface area contributed by atoms with Crippen LogP contribution in [-0.2, 0) is 17.9 Å². The van der Waals surface area contributed by atoms with Crippen LogP contribution >= 0.6 is 0 Å². The Morgan fingerprint density at radius 2 is 2.03 bits per heavy atom. The summed E-state index contributed by atoms with van der Waals surface area (Å²) in [6, 6.07) is 5.39. The van der Waals surface area contributed by atoms with Crippen molar-refractivity contribution in [1.29, 1.82) is 0 Å². The van der Waals surface area contributed by atoms with Gasteiger partial charge in [0.15, 0.2) is 5.69 Å². The van der Waals surface area contributed by atoms with Crippen molar-refractivity contribution < 1.29 is 23.0 Å². The molecular formula is C19H20F2N6O3. The Morgan fingerprint density at radius 1 is 1.20 bits per heavy atom. The number of nitrogens with one attached hydrogen (secondary N) is 3. The Hall–Kier alpha value is -3.37. The number of halogens is 2. The summed E-state index contributed by atoms with van der Waals surface area (Å²) in [4.78, 5) is 31.5. The molecule has 4 rings (SSSR count). The lowest BCUT2D eigenvalue weighted by atomic mass is 10.2. The maximum Gasteiger partial charge on any atom is 0.275 e. The highest BCUT2D eigenvalue weighted by molar-refractivity contribution is 5.93. The number of benzene rings is 1. The summed E-state index contributed by atoms with van der Waals surface area (Å²) in [5, 5.41) is 12.9. The van der Waals surface area contributed by atoms with Crippen molar-refractivity contribution in [3.8, 4) is 0 Å². The van der Waals surface area contributed by atoms with Crippen LogP contribution in [0.1, 0.15) is 59.2 Å². The first kappa shape index (κ1) is 19.9. The number of hydrogen-bond donors (Lipinski definition) is 3. The molecule has 2 aromatic heterocycles. The second-order valence-corrected chi connectivity index (χ2v) is 7.20. The molecule has 1 saturated carbocycles. The van der Waals surface area contributed by atoms with E-state index in [-0.39, 0.29) is 37.0 Å². The summed E-state index contributed by atoms with van der Waals surface area (Å²) in [5.74, 6) is 0.0144. The van der Waals surface area contributed by atoms with Crippen LogP contribution in [0.5, 0.6) is 0 Å². The van der Waals surface area contributed by atoms with E-state index < -0.39 is 18.8 Å². The van der Waals surface area contributed by atoms with Gasteiger partial charge < -0.3 is 15.6 Å². The Balaban J connectivity index is 1.33. The van der Waals surface area contributed by atoms with Gasteiger partial charge in [-0.3, -0.25) is 9.59 Å². The van der Waals surface area contributed by atoms with Gasteiger partial charge in [0.2, 0.25) is 12.3 Å². The van der Waals surface area contributed by atoms with Gasteiger partial charge in [0, 0.05) is 25.3 Å². The molecule has 1 aliphatic rings. The van der Waals surface area contributed by atoms with Gasteiger partial charge in [0.25, 0.3) is 5.91 Å². The highest BCUT2D eigenvalue weighted by Crippen LogP contribution is 2.40. The third-order valence-corrected chi connectivity index (χ3v) is 4.78. The standard InChI is InChI=1S/C19H20F2N6O3/c20-14(21)5-6-16(28)22-8-10-1-4-12-13(7-10)25-15(24-12)9-23-19(29)18-17(11-2-3-11)26-30-27-18/h1,4,7,11,14H,2-3,5-6,8-9H2,(H,22,28)(H,23,29)(H,24,25). The van der Waals surface area contributed by atoms with Crippen molar-refractivity contribution in [2.24, 2.45) is 0 Å². The van der Waals surface area contributed by atoms with E-state index in [1.807, 2.05) is 6.07 Å². The summed E-state index contributed by atoms with van der Waals surface area (Å²) in [5.41, 5.74) is 3.04. The second kappa shape index (κ2) is 8.56. The van der Waals surface area contributed by atoms with Crippen LogP contribution in [-0.4, -0.2) is 38.5 Å². The first-order chi connectivity index (χ1) is 14.5. The fraction of sp³-hybridized carbons (Fsp3) is 0.421. The minimum atomic E-state index is -2.49. The molecule has 1 fully saturated rings. The van der Waals surface area contributed by atoms with E-state index in [9.17, 15) is 18.4 Å². The van der Waals surface area contributed by atoms with Gasteiger partial charge in [-0.2, -0.15) is 0 Å². The number of carbonyl (C=O) groups is 2. The summed E-state index contributed by atoms with van der Waals surface area (Å²) < 4.78 is 29.0. The minimum absolute atomic E-state index is 0.171. The Bertz CT molecular complexity index is 1060. The Labute approximate surface area is 169 Å². The van der Waals surface area contributed by atoms with E-state index in [1.165, 1.54) is 0 Å². The number of aromatic amines is 1. The fourth-order valence-corrected chi connectivity index (χ4v) is 3.06. The van der Waals surface area contributed by atoms with E-state index in [4.69, 9.17) is 4.63 Å². The monoisotopic (exact) mass is 418 g/mol. The predicted molar refractivity (Wildman–Crippen MR) is 101 cm³/mol. The summed E-state index contributed by atoms with van der Waals surface area (Å²) in [7, 11) is 0. The quantitative estimate of drug-likeness (QED) is 0.490. The average molecular weight is 418 g/mol. The van der Waals surface area contributed by atoms with Crippen molar-refractivity contribution >= 4 is 22.8 Å². The molecule has 0 radical (unpaired) electrons. The van der Waals surface area contributed by atoms with Crippen LogP contribution in [0.15, 0.2) is 22.8 Å². The van der Waals surface area contributed by atoms with Crippen LogP contribution < -0.4 is 10.6 Å². The van der Waals surface area contributed by atoms with E-state index >= 15 is 0 Å². The normalized spacial score (nSPS) is 13.7. The summed E-state index contributed by atoms with van der Waals surface area (Å²) in [6.07, 6.45) is -1.19. The van der Waals surface area contributed by atoms with Crippen LogP contribution in [0.2, 0.25) is 0 Å². The van der Waals surface area contributed by atoms with Gasteiger partial charge in [0.1, 0.15) is 11.5 Å². The SMILES string of the molecule is O=C(CCC(F)F)NCc1ccc2nc(CNC(=O)c3nonc3C3CC3)[nH]c2c1. The Morgan fingerprint density at radius 3 is 2.80 bits per heavy atom. The number of aromatic nitrogens is 4. The van der Waals surface area contributed by atoms with Gasteiger partial charge in [-0.05, 0) is 35.7 Å². The van der Waals surface area contributed by atoms with Crippen molar-refractivity contribution in [3.63, 3.8) is 0 Å². The molecule has 30 heavy (non-hydrogen) atoms. The maximum atomic E-state index is 12.3. The molecule has 1 aromatic carbocycles. The zero-order valence-corrected chi connectivity index (χ0v) is 16.0. The molecule has 158 valence electrons. The summed E-state index contributed by atoms with van der Waals surface area (Å²) in [6.45, 7) is 0.399. The molecule has 0 saturated heterocycles. The molecule has 9 nitrogen and oxygen atoms in total. The van der Waals surface area contributed by atoms with Crippen LogP contribution in [0, 0.1) is 0 Å². The topological polar surface area (TPSA) is 126 Å².